The van der Waals surface area contributed by atoms with Gasteiger partial charge in [0.15, 0.2) is 5.92 Å². The Hall–Kier alpha value is -0.820. The van der Waals surface area contributed by atoms with Crippen molar-refractivity contribution in [1.29, 1.82) is 0 Å². The van der Waals surface area contributed by atoms with E-state index in [-0.39, 0.29) is 6.10 Å². The SMILES string of the molecule is CC1CN(CC(C(=O)O)C(F)(F)F)CCCO1. The Morgan fingerprint density at radius 1 is 1.59 bits per heavy atom. The number of carboxylic acids is 1. The van der Waals surface area contributed by atoms with Crippen LogP contribution in [-0.4, -0.2) is 54.5 Å². The van der Waals surface area contributed by atoms with Crippen LogP contribution in [0, 0.1) is 5.92 Å². The smallest absolute Gasteiger partial charge is 0.403 e. The fourth-order valence-corrected chi connectivity index (χ4v) is 1.83. The van der Waals surface area contributed by atoms with E-state index in [1.54, 1.807) is 6.92 Å². The number of ether oxygens (including phenoxy) is 1. The van der Waals surface area contributed by atoms with Crippen molar-refractivity contribution in [3.63, 3.8) is 0 Å². The molecular formula is C10H16F3NO3. The summed E-state index contributed by atoms with van der Waals surface area (Å²) in [5.74, 6) is -4.15. The molecule has 0 aromatic heterocycles. The summed E-state index contributed by atoms with van der Waals surface area (Å²) in [7, 11) is 0. The summed E-state index contributed by atoms with van der Waals surface area (Å²) < 4.78 is 42.7. The van der Waals surface area contributed by atoms with Crippen molar-refractivity contribution < 1.29 is 27.8 Å². The predicted molar refractivity (Wildman–Crippen MR) is 53.7 cm³/mol. The molecule has 0 amide bonds. The normalized spacial score (nSPS) is 25.3. The third kappa shape index (κ3) is 4.51. The van der Waals surface area contributed by atoms with Crippen molar-refractivity contribution >= 4 is 5.97 Å². The van der Waals surface area contributed by atoms with Crippen LogP contribution < -0.4 is 0 Å². The number of halogens is 3. The van der Waals surface area contributed by atoms with Crippen LogP contribution in [0.5, 0.6) is 0 Å². The maximum absolute atomic E-state index is 12.5. The van der Waals surface area contributed by atoms with E-state index < -0.39 is 24.6 Å². The maximum Gasteiger partial charge on any atom is 0.403 e. The molecule has 17 heavy (non-hydrogen) atoms. The maximum atomic E-state index is 12.5. The number of carbonyl (C=O) groups is 1. The lowest BCUT2D eigenvalue weighted by molar-refractivity contribution is -0.196. The summed E-state index contributed by atoms with van der Waals surface area (Å²) in [4.78, 5) is 12.1. The molecule has 2 atom stereocenters. The van der Waals surface area contributed by atoms with Crippen LogP contribution in [-0.2, 0) is 9.53 Å². The first-order valence-electron chi connectivity index (χ1n) is 5.44. The fourth-order valence-electron chi connectivity index (χ4n) is 1.83. The van der Waals surface area contributed by atoms with Crippen molar-refractivity contribution in [3.8, 4) is 0 Å². The van der Waals surface area contributed by atoms with E-state index in [1.807, 2.05) is 0 Å². The Bertz CT molecular complexity index is 270. The second-order valence-corrected chi connectivity index (χ2v) is 4.23. The van der Waals surface area contributed by atoms with E-state index >= 15 is 0 Å². The minimum Gasteiger partial charge on any atom is -0.481 e. The highest BCUT2D eigenvalue weighted by molar-refractivity contribution is 5.71. The van der Waals surface area contributed by atoms with Gasteiger partial charge in [-0.25, -0.2) is 0 Å². The standard InChI is InChI=1S/C10H16F3NO3/c1-7-5-14(3-2-4-17-7)6-8(9(15)16)10(11,12)13/h7-8H,2-6H2,1H3,(H,15,16). The molecule has 4 nitrogen and oxygen atoms in total. The van der Waals surface area contributed by atoms with Crippen molar-refractivity contribution in [2.24, 2.45) is 5.92 Å². The lowest BCUT2D eigenvalue weighted by atomic mass is 10.1. The Balaban J connectivity index is 2.63. The molecule has 0 aliphatic carbocycles. The molecule has 0 radical (unpaired) electrons. The van der Waals surface area contributed by atoms with Gasteiger partial charge in [0.1, 0.15) is 0 Å². The van der Waals surface area contributed by atoms with Crippen molar-refractivity contribution in [2.45, 2.75) is 25.6 Å². The quantitative estimate of drug-likeness (QED) is 0.827. The Morgan fingerprint density at radius 2 is 2.24 bits per heavy atom. The first kappa shape index (κ1) is 14.2. The molecule has 1 aliphatic heterocycles. The minimum absolute atomic E-state index is 0.167. The van der Waals surface area contributed by atoms with Crippen molar-refractivity contribution in [3.05, 3.63) is 0 Å². The van der Waals surface area contributed by atoms with Crippen LogP contribution in [0.25, 0.3) is 0 Å². The van der Waals surface area contributed by atoms with E-state index in [0.717, 1.165) is 0 Å². The second kappa shape index (κ2) is 5.68. The largest absolute Gasteiger partial charge is 0.481 e. The van der Waals surface area contributed by atoms with Crippen LogP contribution >= 0.6 is 0 Å². The molecule has 0 aromatic rings. The average Bonchev–Trinajstić information content (AvgIpc) is 2.36. The first-order chi connectivity index (χ1) is 7.80. The summed E-state index contributed by atoms with van der Waals surface area (Å²) >= 11 is 0. The topological polar surface area (TPSA) is 49.8 Å². The van der Waals surface area contributed by atoms with E-state index in [4.69, 9.17) is 9.84 Å². The van der Waals surface area contributed by atoms with Gasteiger partial charge in [-0.1, -0.05) is 0 Å². The average molecular weight is 255 g/mol. The lowest BCUT2D eigenvalue weighted by Gasteiger charge is -2.26. The van der Waals surface area contributed by atoms with E-state index in [2.05, 4.69) is 0 Å². The highest BCUT2D eigenvalue weighted by Gasteiger charge is 2.46. The number of carboxylic acid groups (broad SMARTS) is 1. The van der Waals surface area contributed by atoms with Crippen LogP contribution in [0.3, 0.4) is 0 Å². The zero-order chi connectivity index (χ0) is 13.1. The molecule has 1 N–H and O–H groups in total. The van der Waals surface area contributed by atoms with Crippen molar-refractivity contribution in [2.75, 3.05) is 26.2 Å². The molecule has 1 heterocycles. The highest BCUT2D eigenvalue weighted by atomic mass is 19.4. The Kier molecular flexibility index (Phi) is 4.76. The van der Waals surface area contributed by atoms with E-state index in [1.165, 1.54) is 4.90 Å². The van der Waals surface area contributed by atoms with Crippen molar-refractivity contribution in [1.82, 2.24) is 4.90 Å². The number of rotatable bonds is 3. The van der Waals surface area contributed by atoms with Gasteiger partial charge in [-0.05, 0) is 13.3 Å². The molecule has 0 aromatic carbocycles. The zero-order valence-electron chi connectivity index (χ0n) is 9.54. The molecule has 2 unspecified atom stereocenters. The first-order valence-corrected chi connectivity index (χ1v) is 5.44. The Labute approximate surface area is 97.3 Å². The summed E-state index contributed by atoms with van der Waals surface area (Å²) in [5.41, 5.74) is 0. The minimum atomic E-state index is -4.71. The van der Waals surface area contributed by atoms with Gasteiger partial charge in [-0.3, -0.25) is 9.69 Å². The summed E-state index contributed by atoms with van der Waals surface area (Å²) in [6, 6.07) is 0. The molecule has 0 saturated carbocycles. The lowest BCUT2D eigenvalue weighted by Crippen LogP contribution is -2.43. The molecule has 100 valence electrons. The second-order valence-electron chi connectivity index (χ2n) is 4.23. The van der Waals surface area contributed by atoms with Gasteiger partial charge < -0.3 is 9.84 Å². The van der Waals surface area contributed by atoms with Gasteiger partial charge in [0.25, 0.3) is 0 Å². The molecule has 1 aliphatic rings. The molecule has 1 fully saturated rings. The molecular weight excluding hydrogens is 239 g/mol. The highest BCUT2D eigenvalue weighted by Crippen LogP contribution is 2.27. The number of hydrogen-bond donors (Lipinski definition) is 1. The summed E-state index contributed by atoms with van der Waals surface area (Å²) in [5, 5.41) is 8.60. The third-order valence-electron chi connectivity index (χ3n) is 2.67. The third-order valence-corrected chi connectivity index (χ3v) is 2.67. The van der Waals surface area contributed by atoms with Gasteiger partial charge in [0.2, 0.25) is 0 Å². The predicted octanol–water partition coefficient (Wildman–Crippen LogP) is 1.36. The molecule has 1 rings (SSSR count). The summed E-state index contributed by atoms with van der Waals surface area (Å²) in [6.07, 6.45) is -4.25. The van der Waals surface area contributed by atoms with E-state index in [9.17, 15) is 18.0 Å². The molecule has 0 spiro atoms. The molecule has 7 heteroatoms. The molecule has 1 saturated heterocycles. The molecule has 0 bridgehead atoms. The van der Waals surface area contributed by atoms with Crippen LogP contribution in [0.2, 0.25) is 0 Å². The van der Waals surface area contributed by atoms with Gasteiger partial charge in [0.05, 0.1) is 6.10 Å². The van der Waals surface area contributed by atoms with Gasteiger partial charge >= 0.3 is 12.1 Å². The number of alkyl halides is 3. The zero-order valence-corrected chi connectivity index (χ0v) is 9.54. The van der Waals surface area contributed by atoms with Crippen LogP contribution in [0.1, 0.15) is 13.3 Å². The van der Waals surface area contributed by atoms with Gasteiger partial charge in [-0.2, -0.15) is 13.2 Å². The fraction of sp³-hybridized carbons (Fsp3) is 0.900. The Morgan fingerprint density at radius 3 is 2.76 bits per heavy atom. The van der Waals surface area contributed by atoms with E-state index in [0.29, 0.717) is 26.1 Å². The van der Waals surface area contributed by atoms with Crippen LogP contribution in [0.4, 0.5) is 13.2 Å². The summed E-state index contributed by atoms with van der Waals surface area (Å²) in [6.45, 7) is 2.53. The monoisotopic (exact) mass is 255 g/mol. The van der Waals surface area contributed by atoms with Gasteiger partial charge in [-0.15, -0.1) is 0 Å². The number of hydrogen-bond acceptors (Lipinski definition) is 3. The van der Waals surface area contributed by atoms with Gasteiger partial charge in [0, 0.05) is 26.2 Å². The number of nitrogens with zero attached hydrogens (tertiary/aromatic N) is 1. The number of aliphatic carboxylic acids is 1. The van der Waals surface area contributed by atoms with Crippen LogP contribution in [0.15, 0.2) is 0 Å².